The van der Waals surface area contributed by atoms with E-state index < -0.39 is 5.97 Å². The van der Waals surface area contributed by atoms with Crippen LogP contribution in [0.1, 0.15) is 19.3 Å². The molecule has 1 N–H and O–H groups in total. The number of hydrogen-bond donors (Lipinski definition) is 1. The highest BCUT2D eigenvalue weighted by Crippen LogP contribution is 2.43. The van der Waals surface area contributed by atoms with Crippen LogP contribution in [0.2, 0.25) is 0 Å². The van der Waals surface area contributed by atoms with E-state index in [9.17, 15) is 9.90 Å². The highest BCUT2D eigenvalue weighted by molar-refractivity contribution is 5.79. The summed E-state index contributed by atoms with van der Waals surface area (Å²) >= 11 is 0. The molecule has 102 valence electrons. The molecule has 3 atom stereocenters. The van der Waals surface area contributed by atoms with Gasteiger partial charge in [-0.2, -0.15) is 0 Å². The van der Waals surface area contributed by atoms with E-state index in [1.807, 2.05) is 30.5 Å². The van der Waals surface area contributed by atoms with Crippen LogP contribution in [0, 0.1) is 5.92 Å². The van der Waals surface area contributed by atoms with E-state index in [2.05, 4.69) is 14.9 Å². The summed E-state index contributed by atoms with van der Waals surface area (Å²) in [6.07, 6.45) is 4.52. The van der Waals surface area contributed by atoms with Crippen molar-refractivity contribution in [1.82, 2.24) is 9.97 Å². The van der Waals surface area contributed by atoms with Crippen molar-refractivity contribution in [2.45, 2.75) is 31.3 Å². The van der Waals surface area contributed by atoms with Crippen molar-refractivity contribution >= 4 is 22.8 Å². The van der Waals surface area contributed by atoms with E-state index in [4.69, 9.17) is 0 Å². The molecule has 4 rings (SSSR count). The average molecular weight is 269 g/mol. The summed E-state index contributed by atoms with van der Waals surface area (Å²) in [5.41, 5.74) is 0.913. The van der Waals surface area contributed by atoms with E-state index in [1.54, 1.807) is 0 Å². The summed E-state index contributed by atoms with van der Waals surface area (Å²) in [5.74, 6) is -0.285. The number of para-hydroxylation sites is 1. The number of hydrogen-bond acceptors (Lipinski definition) is 4. The minimum atomic E-state index is -0.692. The second-order valence-corrected chi connectivity index (χ2v) is 5.62. The van der Waals surface area contributed by atoms with Gasteiger partial charge in [0.15, 0.2) is 0 Å². The number of carbonyl (C=O) groups is 1. The molecule has 5 heteroatoms. The third-order valence-corrected chi connectivity index (χ3v) is 4.56. The Kier molecular flexibility index (Phi) is 2.42. The van der Waals surface area contributed by atoms with Crippen LogP contribution in [-0.2, 0) is 4.79 Å². The lowest BCUT2D eigenvalue weighted by Crippen LogP contribution is -2.34. The predicted octanol–water partition coefficient (Wildman–Crippen LogP) is 2.07. The molecule has 2 aliphatic rings. The maximum absolute atomic E-state index is 11.3. The Morgan fingerprint density at radius 3 is 2.95 bits per heavy atom. The van der Waals surface area contributed by atoms with Crippen molar-refractivity contribution in [3.63, 3.8) is 0 Å². The largest absolute Gasteiger partial charge is 0.481 e. The van der Waals surface area contributed by atoms with Gasteiger partial charge in [0, 0.05) is 23.7 Å². The van der Waals surface area contributed by atoms with Crippen LogP contribution in [0.25, 0.3) is 10.9 Å². The molecule has 2 aliphatic heterocycles. The van der Waals surface area contributed by atoms with Crippen molar-refractivity contribution in [2.75, 3.05) is 4.90 Å². The number of anilines is 1. The number of aromatic nitrogens is 2. The molecule has 0 aliphatic carbocycles. The lowest BCUT2D eigenvalue weighted by Gasteiger charge is -2.23. The van der Waals surface area contributed by atoms with E-state index in [0.717, 1.165) is 30.2 Å². The zero-order valence-electron chi connectivity index (χ0n) is 10.9. The molecule has 2 aromatic rings. The van der Waals surface area contributed by atoms with Gasteiger partial charge in [0.25, 0.3) is 0 Å². The van der Waals surface area contributed by atoms with E-state index in [0.29, 0.717) is 5.95 Å². The van der Waals surface area contributed by atoms with Gasteiger partial charge in [-0.3, -0.25) is 4.79 Å². The van der Waals surface area contributed by atoms with Crippen LogP contribution in [0.5, 0.6) is 0 Å². The van der Waals surface area contributed by atoms with Crippen molar-refractivity contribution in [2.24, 2.45) is 5.92 Å². The Morgan fingerprint density at radius 2 is 2.15 bits per heavy atom. The average Bonchev–Trinajstić information content (AvgIpc) is 3.04. The first kappa shape index (κ1) is 11.6. The third kappa shape index (κ3) is 1.59. The quantitative estimate of drug-likeness (QED) is 0.904. The second-order valence-electron chi connectivity index (χ2n) is 5.62. The Labute approximate surface area is 116 Å². The lowest BCUT2D eigenvalue weighted by molar-refractivity contribution is -0.142. The molecular formula is C15H15N3O2. The van der Waals surface area contributed by atoms with Crippen LogP contribution < -0.4 is 4.90 Å². The van der Waals surface area contributed by atoms with Gasteiger partial charge in [-0.15, -0.1) is 0 Å². The zero-order chi connectivity index (χ0) is 13.7. The Bertz CT molecular complexity index is 688. The molecule has 3 heterocycles. The molecule has 2 saturated heterocycles. The van der Waals surface area contributed by atoms with Crippen LogP contribution in [0.15, 0.2) is 30.5 Å². The van der Waals surface area contributed by atoms with Crippen LogP contribution in [-0.4, -0.2) is 33.1 Å². The molecule has 0 amide bonds. The number of rotatable bonds is 2. The molecule has 3 unspecified atom stereocenters. The molecule has 5 nitrogen and oxygen atoms in total. The van der Waals surface area contributed by atoms with Gasteiger partial charge in [0.2, 0.25) is 5.95 Å². The minimum Gasteiger partial charge on any atom is -0.481 e. The number of nitrogens with zero attached hydrogens (tertiary/aromatic N) is 3. The maximum atomic E-state index is 11.3. The topological polar surface area (TPSA) is 66.3 Å². The summed E-state index contributed by atoms with van der Waals surface area (Å²) in [5, 5.41) is 10.3. The number of fused-ring (bicyclic) bond motifs is 3. The molecule has 20 heavy (non-hydrogen) atoms. The summed E-state index contributed by atoms with van der Waals surface area (Å²) in [7, 11) is 0. The molecular weight excluding hydrogens is 254 g/mol. The monoisotopic (exact) mass is 269 g/mol. The van der Waals surface area contributed by atoms with Gasteiger partial charge < -0.3 is 10.0 Å². The number of carboxylic acids is 1. The minimum absolute atomic E-state index is 0.0543. The van der Waals surface area contributed by atoms with Gasteiger partial charge in [0.05, 0.1) is 11.4 Å². The standard InChI is InChI=1S/C15H15N3O2/c19-14(20)11-7-10-5-6-13(11)18(10)15-16-8-9-3-1-2-4-12(9)17-15/h1-4,8,10-11,13H,5-7H2,(H,19,20). The Hall–Kier alpha value is -2.17. The molecule has 1 aromatic carbocycles. The van der Waals surface area contributed by atoms with Crippen molar-refractivity contribution in [1.29, 1.82) is 0 Å². The van der Waals surface area contributed by atoms with Crippen LogP contribution in [0.4, 0.5) is 5.95 Å². The molecule has 2 fully saturated rings. The first-order valence-corrected chi connectivity index (χ1v) is 6.97. The summed E-state index contributed by atoms with van der Waals surface area (Å²) in [4.78, 5) is 22.5. The van der Waals surface area contributed by atoms with Crippen molar-refractivity contribution in [3.05, 3.63) is 30.5 Å². The number of aliphatic carboxylic acids is 1. The van der Waals surface area contributed by atoms with Gasteiger partial charge in [-0.05, 0) is 25.3 Å². The fourth-order valence-electron chi connectivity index (χ4n) is 3.65. The lowest BCUT2D eigenvalue weighted by atomic mass is 9.89. The van der Waals surface area contributed by atoms with Gasteiger partial charge in [-0.1, -0.05) is 18.2 Å². The highest BCUT2D eigenvalue weighted by atomic mass is 16.4. The molecule has 2 bridgehead atoms. The fourth-order valence-corrected chi connectivity index (χ4v) is 3.65. The van der Waals surface area contributed by atoms with Crippen molar-refractivity contribution in [3.8, 4) is 0 Å². The third-order valence-electron chi connectivity index (χ3n) is 4.56. The van der Waals surface area contributed by atoms with Crippen LogP contribution >= 0.6 is 0 Å². The van der Waals surface area contributed by atoms with Crippen molar-refractivity contribution < 1.29 is 9.90 Å². The normalized spacial score (nSPS) is 28.2. The first-order chi connectivity index (χ1) is 9.74. The van der Waals surface area contributed by atoms with Gasteiger partial charge in [0.1, 0.15) is 0 Å². The molecule has 1 aromatic heterocycles. The molecule has 0 saturated carbocycles. The van der Waals surface area contributed by atoms with Crippen LogP contribution in [0.3, 0.4) is 0 Å². The smallest absolute Gasteiger partial charge is 0.308 e. The SMILES string of the molecule is O=C(O)C1CC2CCC1N2c1ncc2ccccc2n1. The number of carboxylic acid groups (broad SMARTS) is 1. The Balaban J connectivity index is 1.74. The first-order valence-electron chi connectivity index (χ1n) is 6.97. The fraction of sp³-hybridized carbons (Fsp3) is 0.400. The Morgan fingerprint density at radius 1 is 1.30 bits per heavy atom. The van der Waals surface area contributed by atoms with Gasteiger partial charge in [-0.25, -0.2) is 9.97 Å². The zero-order valence-corrected chi connectivity index (χ0v) is 10.9. The van der Waals surface area contributed by atoms with E-state index >= 15 is 0 Å². The van der Waals surface area contributed by atoms with Gasteiger partial charge >= 0.3 is 5.97 Å². The summed E-state index contributed by atoms with van der Waals surface area (Å²) in [6.45, 7) is 0. The maximum Gasteiger partial charge on any atom is 0.308 e. The number of benzene rings is 1. The van der Waals surface area contributed by atoms with E-state index in [-0.39, 0.29) is 18.0 Å². The molecule has 0 radical (unpaired) electrons. The molecule has 0 spiro atoms. The van der Waals surface area contributed by atoms with E-state index in [1.165, 1.54) is 0 Å². The predicted molar refractivity (Wildman–Crippen MR) is 74.6 cm³/mol. The summed E-state index contributed by atoms with van der Waals surface area (Å²) < 4.78 is 0. The highest BCUT2D eigenvalue weighted by Gasteiger charge is 2.50. The summed E-state index contributed by atoms with van der Waals surface area (Å²) in [6, 6.07) is 8.20. The second kappa shape index (κ2) is 4.16.